The number of hydrogen-bond acceptors (Lipinski definition) is 3. The van der Waals surface area contributed by atoms with Gasteiger partial charge in [0.2, 0.25) is 11.8 Å². The van der Waals surface area contributed by atoms with Gasteiger partial charge in [0.1, 0.15) is 18.3 Å². The lowest BCUT2D eigenvalue weighted by Gasteiger charge is -2.39. The van der Waals surface area contributed by atoms with E-state index in [0.717, 1.165) is 29.1 Å². The van der Waals surface area contributed by atoms with Crippen LogP contribution in [0.3, 0.4) is 0 Å². The molecule has 3 aromatic rings. The Morgan fingerprint density at radius 1 is 1.00 bits per heavy atom. The van der Waals surface area contributed by atoms with Crippen molar-refractivity contribution in [3.05, 3.63) is 89.7 Å². The maximum atomic E-state index is 13.9. The standard InChI is InChI=1S/C29H35N3O3/c1-5-23(22-12-7-6-8-13-22)29(34)32(21(2)3)20-27(33)31-19-18-30-17-11-15-25(30)28(31)24-14-9-10-16-26(24)35-4/h6-17,21,23,28H,5,18-20H2,1-4H3. The molecule has 0 saturated heterocycles. The van der Waals surface area contributed by atoms with Gasteiger partial charge in [-0.25, -0.2) is 0 Å². The third-order valence-corrected chi connectivity index (χ3v) is 6.91. The van der Waals surface area contributed by atoms with Crippen molar-refractivity contribution in [1.82, 2.24) is 14.4 Å². The average Bonchev–Trinajstić information content (AvgIpc) is 3.36. The third kappa shape index (κ3) is 4.97. The topological polar surface area (TPSA) is 54.8 Å². The van der Waals surface area contributed by atoms with E-state index in [9.17, 15) is 9.59 Å². The maximum Gasteiger partial charge on any atom is 0.243 e. The molecule has 2 aromatic carbocycles. The number of fused-ring (bicyclic) bond motifs is 1. The van der Waals surface area contributed by atoms with Crippen LogP contribution in [0, 0.1) is 0 Å². The summed E-state index contributed by atoms with van der Waals surface area (Å²) in [5, 5.41) is 0. The minimum Gasteiger partial charge on any atom is -0.496 e. The summed E-state index contributed by atoms with van der Waals surface area (Å²) in [5.41, 5.74) is 2.98. The highest BCUT2D eigenvalue weighted by atomic mass is 16.5. The van der Waals surface area contributed by atoms with Crippen LogP contribution in [0.4, 0.5) is 0 Å². The minimum absolute atomic E-state index is 0.00345. The quantitative estimate of drug-likeness (QED) is 0.470. The molecule has 0 spiro atoms. The zero-order valence-electron chi connectivity index (χ0n) is 21.1. The van der Waals surface area contributed by atoms with Crippen molar-refractivity contribution in [2.45, 2.75) is 51.7 Å². The predicted octanol–water partition coefficient (Wildman–Crippen LogP) is 4.86. The Kier molecular flexibility index (Phi) is 7.59. The van der Waals surface area contributed by atoms with Crippen molar-refractivity contribution < 1.29 is 14.3 Å². The minimum atomic E-state index is -0.275. The number of ether oxygens (including phenoxy) is 1. The number of para-hydroxylation sites is 1. The number of methoxy groups -OCH3 is 1. The van der Waals surface area contributed by atoms with Crippen LogP contribution in [0.5, 0.6) is 5.75 Å². The summed E-state index contributed by atoms with van der Waals surface area (Å²) in [5.74, 6) is 0.418. The molecule has 6 heteroatoms. The predicted molar refractivity (Wildman–Crippen MR) is 137 cm³/mol. The SMILES string of the molecule is CCC(C(=O)N(CC(=O)N1CCn2cccc2C1c1ccccc1OC)C(C)C)c1ccccc1. The van der Waals surface area contributed by atoms with Gasteiger partial charge in [-0.3, -0.25) is 9.59 Å². The van der Waals surface area contributed by atoms with Crippen molar-refractivity contribution in [3.8, 4) is 5.75 Å². The fourth-order valence-corrected chi connectivity index (χ4v) is 5.06. The molecule has 35 heavy (non-hydrogen) atoms. The number of carbonyl (C=O) groups is 2. The van der Waals surface area contributed by atoms with E-state index in [1.54, 1.807) is 12.0 Å². The smallest absolute Gasteiger partial charge is 0.243 e. The van der Waals surface area contributed by atoms with E-state index in [1.807, 2.05) is 86.3 Å². The van der Waals surface area contributed by atoms with Crippen molar-refractivity contribution in [2.24, 2.45) is 0 Å². The van der Waals surface area contributed by atoms with Gasteiger partial charge in [-0.05, 0) is 44.0 Å². The van der Waals surface area contributed by atoms with Gasteiger partial charge in [-0.15, -0.1) is 0 Å². The Hall–Kier alpha value is -3.54. The number of rotatable bonds is 8. The van der Waals surface area contributed by atoms with Crippen LogP contribution in [0.15, 0.2) is 72.9 Å². The molecule has 2 atom stereocenters. The summed E-state index contributed by atoms with van der Waals surface area (Å²) in [6, 6.07) is 21.4. The first-order valence-electron chi connectivity index (χ1n) is 12.4. The number of amides is 2. The molecular formula is C29H35N3O3. The van der Waals surface area contributed by atoms with Gasteiger partial charge in [0.25, 0.3) is 0 Å². The number of benzene rings is 2. The van der Waals surface area contributed by atoms with Gasteiger partial charge in [-0.1, -0.05) is 55.5 Å². The first-order chi connectivity index (χ1) is 17.0. The molecule has 1 aliphatic heterocycles. The largest absolute Gasteiger partial charge is 0.496 e. The van der Waals surface area contributed by atoms with Crippen LogP contribution in [-0.2, 0) is 16.1 Å². The Bertz CT molecular complexity index is 1150. The molecular weight excluding hydrogens is 438 g/mol. The van der Waals surface area contributed by atoms with Gasteiger partial charge in [0, 0.05) is 36.6 Å². The van der Waals surface area contributed by atoms with E-state index in [4.69, 9.17) is 4.74 Å². The molecule has 6 nitrogen and oxygen atoms in total. The molecule has 1 aromatic heterocycles. The molecule has 184 valence electrons. The van der Waals surface area contributed by atoms with Crippen LogP contribution in [-0.4, -0.2) is 52.4 Å². The second-order valence-electron chi connectivity index (χ2n) is 9.29. The van der Waals surface area contributed by atoms with E-state index in [1.165, 1.54) is 0 Å². The van der Waals surface area contributed by atoms with Gasteiger partial charge in [-0.2, -0.15) is 0 Å². The van der Waals surface area contributed by atoms with Crippen molar-refractivity contribution in [2.75, 3.05) is 20.2 Å². The zero-order chi connectivity index (χ0) is 24.9. The second kappa shape index (κ2) is 10.8. The highest BCUT2D eigenvalue weighted by Crippen LogP contribution is 2.37. The van der Waals surface area contributed by atoms with Crippen LogP contribution in [0.1, 0.15) is 56.0 Å². The molecule has 2 amide bonds. The summed E-state index contributed by atoms with van der Waals surface area (Å²) < 4.78 is 7.85. The van der Waals surface area contributed by atoms with Crippen LogP contribution in [0.2, 0.25) is 0 Å². The van der Waals surface area contributed by atoms with Gasteiger partial charge in [0.05, 0.1) is 13.0 Å². The van der Waals surface area contributed by atoms with Crippen LogP contribution < -0.4 is 4.74 Å². The molecule has 0 bridgehead atoms. The number of carbonyl (C=O) groups excluding carboxylic acids is 2. The lowest BCUT2D eigenvalue weighted by Crippen LogP contribution is -2.50. The second-order valence-corrected chi connectivity index (χ2v) is 9.29. The van der Waals surface area contributed by atoms with Crippen molar-refractivity contribution in [1.29, 1.82) is 0 Å². The van der Waals surface area contributed by atoms with E-state index in [0.29, 0.717) is 13.0 Å². The van der Waals surface area contributed by atoms with E-state index in [2.05, 4.69) is 16.8 Å². The zero-order valence-corrected chi connectivity index (χ0v) is 21.1. The Labute approximate surface area is 208 Å². The fourth-order valence-electron chi connectivity index (χ4n) is 5.06. The van der Waals surface area contributed by atoms with E-state index in [-0.39, 0.29) is 36.4 Å². The molecule has 0 N–H and O–H groups in total. The summed E-state index contributed by atoms with van der Waals surface area (Å²) in [6.07, 6.45) is 2.73. The molecule has 0 aliphatic carbocycles. The first-order valence-corrected chi connectivity index (χ1v) is 12.4. The van der Waals surface area contributed by atoms with Gasteiger partial charge >= 0.3 is 0 Å². The molecule has 2 heterocycles. The summed E-state index contributed by atoms with van der Waals surface area (Å²) in [6.45, 7) is 7.30. The van der Waals surface area contributed by atoms with Gasteiger partial charge < -0.3 is 19.1 Å². The first kappa shape index (κ1) is 24.6. The van der Waals surface area contributed by atoms with E-state index >= 15 is 0 Å². The molecule has 0 saturated carbocycles. The number of aromatic nitrogens is 1. The molecule has 0 radical (unpaired) electrons. The van der Waals surface area contributed by atoms with Crippen molar-refractivity contribution in [3.63, 3.8) is 0 Å². The lowest BCUT2D eigenvalue weighted by atomic mass is 9.94. The van der Waals surface area contributed by atoms with E-state index < -0.39 is 0 Å². The fraction of sp³-hybridized carbons (Fsp3) is 0.379. The van der Waals surface area contributed by atoms with Crippen molar-refractivity contribution >= 4 is 11.8 Å². The highest BCUT2D eigenvalue weighted by Gasteiger charge is 2.36. The van der Waals surface area contributed by atoms with Crippen LogP contribution in [0.25, 0.3) is 0 Å². The maximum absolute atomic E-state index is 13.9. The normalized spacial score (nSPS) is 16.0. The molecule has 1 aliphatic rings. The van der Waals surface area contributed by atoms with Crippen LogP contribution >= 0.6 is 0 Å². The Morgan fingerprint density at radius 2 is 1.71 bits per heavy atom. The Balaban J connectivity index is 1.64. The third-order valence-electron chi connectivity index (χ3n) is 6.91. The molecule has 2 unspecified atom stereocenters. The number of nitrogens with zero attached hydrogens (tertiary/aromatic N) is 3. The summed E-state index contributed by atoms with van der Waals surface area (Å²) >= 11 is 0. The number of hydrogen-bond donors (Lipinski definition) is 0. The lowest BCUT2D eigenvalue weighted by molar-refractivity contribution is -0.144. The van der Waals surface area contributed by atoms with Gasteiger partial charge in [0.15, 0.2) is 0 Å². The highest BCUT2D eigenvalue weighted by molar-refractivity contribution is 5.89. The molecule has 0 fully saturated rings. The summed E-state index contributed by atoms with van der Waals surface area (Å²) in [4.78, 5) is 31.2. The average molecular weight is 474 g/mol. The monoisotopic (exact) mass is 473 g/mol. The Morgan fingerprint density at radius 3 is 2.40 bits per heavy atom. The summed E-state index contributed by atoms with van der Waals surface area (Å²) in [7, 11) is 1.65. The molecule has 4 rings (SSSR count).